The quantitative estimate of drug-likeness (QED) is 0.681. The van der Waals surface area contributed by atoms with Crippen LogP contribution in [0.1, 0.15) is 38.1 Å². The molecule has 0 amide bonds. The largest absolute Gasteiger partial charge is 0.456 e. The molecule has 0 aliphatic carbocycles. The van der Waals surface area contributed by atoms with Crippen LogP contribution in [0.2, 0.25) is 5.15 Å². The van der Waals surface area contributed by atoms with Gasteiger partial charge in [0, 0.05) is 6.20 Å². The lowest BCUT2D eigenvalue weighted by molar-refractivity contribution is 0.00702. The maximum atomic E-state index is 12.0. The SMILES string of the molecule is C[C@H](C#N)Nc1cc(Cl)ncc1C(=O)OC(C)(C)C. The van der Waals surface area contributed by atoms with Crippen LogP contribution in [0.15, 0.2) is 12.3 Å². The van der Waals surface area contributed by atoms with Gasteiger partial charge >= 0.3 is 5.97 Å². The van der Waals surface area contributed by atoms with E-state index in [2.05, 4.69) is 10.3 Å². The van der Waals surface area contributed by atoms with Gasteiger partial charge in [-0.15, -0.1) is 0 Å². The summed E-state index contributed by atoms with van der Waals surface area (Å²) in [5, 5.41) is 11.9. The summed E-state index contributed by atoms with van der Waals surface area (Å²) in [6.45, 7) is 7.00. The number of pyridine rings is 1. The van der Waals surface area contributed by atoms with Crippen molar-refractivity contribution >= 4 is 23.3 Å². The summed E-state index contributed by atoms with van der Waals surface area (Å²) in [5.74, 6) is -0.510. The molecule has 0 bridgehead atoms. The van der Waals surface area contributed by atoms with E-state index in [4.69, 9.17) is 21.6 Å². The molecule has 0 saturated carbocycles. The minimum Gasteiger partial charge on any atom is -0.456 e. The molecule has 0 radical (unpaired) electrons. The normalized spacial score (nSPS) is 12.4. The third-order valence-corrected chi connectivity index (χ3v) is 2.26. The van der Waals surface area contributed by atoms with E-state index in [0.29, 0.717) is 5.69 Å². The molecule has 1 atom stereocenters. The summed E-state index contributed by atoms with van der Waals surface area (Å²) >= 11 is 5.80. The number of nitriles is 1. The van der Waals surface area contributed by atoms with Crippen LogP contribution in [0.4, 0.5) is 5.69 Å². The smallest absolute Gasteiger partial charge is 0.342 e. The summed E-state index contributed by atoms with van der Waals surface area (Å²) in [7, 11) is 0. The number of aromatic nitrogens is 1. The van der Waals surface area contributed by atoms with E-state index in [1.54, 1.807) is 27.7 Å². The van der Waals surface area contributed by atoms with Crippen LogP contribution in [0.3, 0.4) is 0 Å². The molecule has 1 aromatic heterocycles. The molecule has 1 heterocycles. The molecule has 19 heavy (non-hydrogen) atoms. The molecule has 0 unspecified atom stereocenters. The number of hydrogen-bond acceptors (Lipinski definition) is 5. The Kier molecular flexibility index (Phi) is 4.73. The molecule has 0 aromatic carbocycles. The summed E-state index contributed by atoms with van der Waals surface area (Å²) in [5.41, 5.74) is 0.0826. The number of esters is 1. The highest BCUT2D eigenvalue weighted by Crippen LogP contribution is 2.22. The standard InChI is InChI=1S/C13H16ClN3O2/c1-8(6-15)17-10-5-11(14)16-7-9(10)12(18)19-13(2,3)4/h5,7-8H,1-4H3,(H,16,17)/t8-/m1/s1. The second-order valence-corrected chi connectivity index (χ2v) is 5.44. The van der Waals surface area contributed by atoms with Crippen molar-refractivity contribution in [1.29, 1.82) is 5.26 Å². The Bertz CT molecular complexity index is 518. The molecule has 0 spiro atoms. The predicted octanol–water partition coefficient (Wildman–Crippen LogP) is 3.01. The summed E-state index contributed by atoms with van der Waals surface area (Å²) < 4.78 is 5.27. The number of hydrogen-bond donors (Lipinski definition) is 1. The Hall–Kier alpha value is -1.80. The van der Waals surface area contributed by atoms with Crippen LogP contribution in [-0.2, 0) is 4.74 Å². The van der Waals surface area contributed by atoms with Crippen LogP contribution >= 0.6 is 11.6 Å². The van der Waals surface area contributed by atoms with Crippen molar-refractivity contribution in [2.75, 3.05) is 5.32 Å². The van der Waals surface area contributed by atoms with Gasteiger partial charge in [0.15, 0.2) is 0 Å². The Labute approximate surface area is 117 Å². The topological polar surface area (TPSA) is 75.0 Å². The number of nitrogens with one attached hydrogen (secondary N) is 1. The zero-order valence-electron chi connectivity index (χ0n) is 11.3. The zero-order chi connectivity index (χ0) is 14.6. The minimum absolute atomic E-state index is 0.236. The van der Waals surface area contributed by atoms with Crippen molar-refractivity contribution in [2.24, 2.45) is 0 Å². The van der Waals surface area contributed by atoms with Gasteiger partial charge in [-0.3, -0.25) is 0 Å². The lowest BCUT2D eigenvalue weighted by atomic mass is 10.1. The third kappa shape index (κ3) is 4.76. The Morgan fingerprint density at radius 2 is 2.21 bits per heavy atom. The van der Waals surface area contributed by atoms with Crippen molar-refractivity contribution in [1.82, 2.24) is 4.98 Å². The molecule has 0 aliphatic heterocycles. The van der Waals surface area contributed by atoms with E-state index < -0.39 is 17.6 Å². The second kappa shape index (κ2) is 5.89. The minimum atomic E-state index is -0.602. The summed E-state index contributed by atoms with van der Waals surface area (Å²) in [4.78, 5) is 15.9. The van der Waals surface area contributed by atoms with Gasteiger partial charge in [0.25, 0.3) is 0 Å². The number of carbonyl (C=O) groups excluding carboxylic acids is 1. The number of carbonyl (C=O) groups is 1. The molecule has 0 saturated heterocycles. The molecule has 1 N–H and O–H groups in total. The van der Waals surface area contributed by atoms with Gasteiger partial charge in [-0.1, -0.05) is 11.6 Å². The first-order valence-electron chi connectivity index (χ1n) is 5.78. The maximum absolute atomic E-state index is 12.0. The predicted molar refractivity (Wildman–Crippen MR) is 73.1 cm³/mol. The molecule has 0 aliphatic rings. The van der Waals surface area contributed by atoms with Gasteiger partial charge < -0.3 is 10.1 Å². The highest BCUT2D eigenvalue weighted by Gasteiger charge is 2.21. The number of anilines is 1. The van der Waals surface area contributed by atoms with Crippen LogP contribution in [-0.4, -0.2) is 22.6 Å². The first kappa shape index (κ1) is 15.3. The third-order valence-electron chi connectivity index (χ3n) is 2.06. The van der Waals surface area contributed by atoms with Gasteiger partial charge in [0.1, 0.15) is 22.4 Å². The maximum Gasteiger partial charge on any atom is 0.342 e. The summed E-state index contributed by atoms with van der Waals surface area (Å²) in [6.07, 6.45) is 1.34. The highest BCUT2D eigenvalue weighted by molar-refractivity contribution is 6.29. The fourth-order valence-electron chi connectivity index (χ4n) is 1.31. The summed E-state index contributed by atoms with van der Waals surface area (Å²) in [6, 6.07) is 3.06. The van der Waals surface area contributed by atoms with Crippen LogP contribution in [0.5, 0.6) is 0 Å². The van der Waals surface area contributed by atoms with E-state index in [0.717, 1.165) is 0 Å². The van der Waals surface area contributed by atoms with E-state index in [1.165, 1.54) is 12.3 Å². The van der Waals surface area contributed by atoms with Crippen LogP contribution in [0.25, 0.3) is 0 Å². The molecule has 5 nitrogen and oxygen atoms in total. The molecule has 0 fully saturated rings. The Balaban J connectivity index is 3.06. The van der Waals surface area contributed by atoms with Gasteiger partial charge in [-0.05, 0) is 33.8 Å². The lowest BCUT2D eigenvalue weighted by Crippen LogP contribution is -2.25. The van der Waals surface area contributed by atoms with E-state index in [-0.39, 0.29) is 10.7 Å². The Morgan fingerprint density at radius 1 is 1.58 bits per heavy atom. The van der Waals surface area contributed by atoms with Crippen molar-refractivity contribution in [2.45, 2.75) is 39.3 Å². The van der Waals surface area contributed by atoms with Crippen LogP contribution in [0, 0.1) is 11.3 Å². The molecule has 102 valence electrons. The Morgan fingerprint density at radius 3 is 2.74 bits per heavy atom. The number of halogens is 1. The van der Waals surface area contributed by atoms with Crippen LogP contribution < -0.4 is 5.32 Å². The van der Waals surface area contributed by atoms with Gasteiger partial charge in [0.05, 0.1) is 11.8 Å². The van der Waals surface area contributed by atoms with Gasteiger partial charge in [-0.2, -0.15) is 5.26 Å². The number of nitrogens with zero attached hydrogens (tertiary/aromatic N) is 2. The number of ether oxygens (including phenoxy) is 1. The lowest BCUT2D eigenvalue weighted by Gasteiger charge is -2.21. The molecule has 6 heteroatoms. The van der Waals surface area contributed by atoms with E-state index in [1.807, 2.05) is 6.07 Å². The van der Waals surface area contributed by atoms with Crippen molar-refractivity contribution in [3.63, 3.8) is 0 Å². The fraction of sp³-hybridized carbons (Fsp3) is 0.462. The molecular weight excluding hydrogens is 266 g/mol. The molecule has 1 rings (SSSR count). The van der Waals surface area contributed by atoms with E-state index in [9.17, 15) is 4.79 Å². The zero-order valence-corrected chi connectivity index (χ0v) is 12.1. The van der Waals surface area contributed by atoms with Crippen molar-refractivity contribution in [3.05, 3.63) is 23.0 Å². The monoisotopic (exact) mass is 281 g/mol. The van der Waals surface area contributed by atoms with Gasteiger partial charge in [0.2, 0.25) is 0 Å². The number of rotatable bonds is 3. The fourth-order valence-corrected chi connectivity index (χ4v) is 1.47. The second-order valence-electron chi connectivity index (χ2n) is 5.05. The van der Waals surface area contributed by atoms with E-state index >= 15 is 0 Å². The van der Waals surface area contributed by atoms with Gasteiger partial charge in [-0.25, -0.2) is 9.78 Å². The van der Waals surface area contributed by atoms with Crippen molar-refractivity contribution < 1.29 is 9.53 Å². The average molecular weight is 282 g/mol. The molecular formula is C13H16ClN3O2. The first-order chi connectivity index (χ1) is 8.73. The van der Waals surface area contributed by atoms with Crippen molar-refractivity contribution in [3.8, 4) is 6.07 Å². The average Bonchev–Trinajstić information content (AvgIpc) is 2.26. The highest BCUT2D eigenvalue weighted by atomic mass is 35.5. The first-order valence-corrected chi connectivity index (χ1v) is 6.16. The molecule has 1 aromatic rings.